The Kier molecular flexibility index (Phi) is 31.6. The van der Waals surface area contributed by atoms with Crippen molar-refractivity contribution in [3.63, 3.8) is 0 Å². The maximum Gasteiger partial charge on any atom is 0.410 e. The second kappa shape index (κ2) is 40.4. The lowest BCUT2D eigenvalue weighted by Crippen LogP contribution is -2.49. The molecule has 512 valence electrons. The summed E-state index contributed by atoms with van der Waals surface area (Å²) < 4.78 is 16.5. The molecule has 0 aliphatic rings. The first-order valence-corrected chi connectivity index (χ1v) is 36.0. The number of Topliss-reactive ketones (excluding diaryl/α,β-unsaturated/α-hetero) is 2. The molecule has 0 radical (unpaired) electrons. The van der Waals surface area contributed by atoms with Crippen LogP contribution >= 0.6 is 45.3 Å². The molecule has 0 fully saturated rings. The first-order chi connectivity index (χ1) is 46.4. The SMILES string of the molecule is CC(C)c1nc(CN(C)C(=O)NC(C(=O)CC(CCC(Cc2ccccc2)N(C)C(=O)OCc2cncs2)Cc2ccccc2)C(C)C)cs1.COCC(NC(=O)N(C)Cc1cncs1)C(=O)CC(CCC(Cc1ccccc1)NC(=O)OCc1cncs1)Cc1ccccc1. The number of benzene rings is 4. The van der Waals surface area contributed by atoms with Crippen molar-refractivity contribution in [2.75, 3.05) is 34.9 Å². The van der Waals surface area contributed by atoms with Crippen LogP contribution in [0.25, 0.3) is 0 Å². The van der Waals surface area contributed by atoms with Gasteiger partial charge in [0.1, 0.15) is 19.3 Å². The number of aromatic nitrogens is 4. The number of likely N-dealkylation sites (N-methyl/N-ethyl adjacent to an activating group) is 1. The molecule has 6 unspecified atom stereocenters. The van der Waals surface area contributed by atoms with Crippen LogP contribution in [0.2, 0.25) is 0 Å². The van der Waals surface area contributed by atoms with Crippen LogP contribution in [-0.4, -0.2) is 129 Å². The van der Waals surface area contributed by atoms with Crippen LogP contribution in [0.15, 0.2) is 162 Å². The van der Waals surface area contributed by atoms with Gasteiger partial charge >= 0.3 is 24.2 Å². The number of rotatable bonds is 36. The van der Waals surface area contributed by atoms with Crippen LogP contribution in [0.3, 0.4) is 0 Å². The van der Waals surface area contributed by atoms with Gasteiger partial charge in [0.25, 0.3) is 0 Å². The number of hydrogen-bond donors (Lipinski definition) is 3. The molecule has 23 heteroatoms. The summed E-state index contributed by atoms with van der Waals surface area (Å²) in [5, 5.41) is 12.0. The number of amides is 6. The van der Waals surface area contributed by atoms with E-state index in [0.29, 0.717) is 76.8 Å². The molecule has 0 saturated carbocycles. The van der Waals surface area contributed by atoms with E-state index < -0.39 is 18.2 Å². The molecule has 0 bridgehead atoms. The van der Waals surface area contributed by atoms with E-state index in [9.17, 15) is 28.8 Å². The van der Waals surface area contributed by atoms with E-state index in [0.717, 1.165) is 47.6 Å². The molecule has 19 nitrogen and oxygen atoms in total. The van der Waals surface area contributed by atoms with Crippen LogP contribution in [-0.2, 0) is 75.8 Å². The van der Waals surface area contributed by atoms with E-state index in [1.165, 1.54) is 46.0 Å². The highest BCUT2D eigenvalue weighted by atomic mass is 32.1. The minimum absolute atomic E-state index is 0.00475. The molecular weight excluding hydrogens is 1290 g/mol. The third-order valence-electron chi connectivity index (χ3n) is 16.3. The monoisotopic (exact) mass is 1380 g/mol. The molecule has 0 saturated heterocycles. The maximum absolute atomic E-state index is 14.0. The molecule has 6 atom stereocenters. The van der Waals surface area contributed by atoms with Gasteiger partial charge in [-0.1, -0.05) is 149 Å². The van der Waals surface area contributed by atoms with E-state index in [-0.39, 0.29) is 85.8 Å². The van der Waals surface area contributed by atoms with Crippen LogP contribution < -0.4 is 16.0 Å². The summed E-state index contributed by atoms with van der Waals surface area (Å²) in [6, 6.07) is 37.9. The van der Waals surface area contributed by atoms with Crippen LogP contribution in [0.4, 0.5) is 19.2 Å². The smallest absolute Gasteiger partial charge is 0.410 e. The standard InChI is InChI=1S/C39H51N5O4S2.C34H41N5O5S2/c1-27(2)36(42-38(46)43(5)23-32-25-49-37(41-32)28(3)4)35(45)21-31(19-29-13-9-7-10-14-29)17-18-33(20-30-15-11-8-12-16-30)44(6)39(47)48-24-34-22-40-26-50-34;1-39(20-29-18-35-23-45-29)33(41)38-31(22-43-2)32(40)17-27(15-25-9-5-3-6-10-25)13-14-28(16-26-11-7-4-8-12-26)37-34(42)44-21-30-19-36-24-46-30/h7-16,22,25-28,31,33,36H,17-21,23-24H2,1-6H3,(H,42,46);3-12,18-19,23-24,27-28,31H,13-17,20-22H2,1-2H3,(H,37,42)(H,38,41). The predicted octanol–water partition coefficient (Wildman–Crippen LogP) is 14.3. The molecule has 6 amide bonds. The number of ether oxygens (including phenoxy) is 3. The molecule has 4 heterocycles. The number of ketones is 2. The summed E-state index contributed by atoms with van der Waals surface area (Å²) in [4.78, 5) is 104. The molecule has 8 rings (SSSR count). The van der Waals surface area contributed by atoms with Gasteiger partial charge < -0.3 is 44.9 Å². The van der Waals surface area contributed by atoms with E-state index in [1.54, 1.807) is 77.4 Å². The third-order valence-corrected chi connectivity index (χ3v) is 19.8. The fourth-order valence-electron chi connectivity index (χ4n) is 11.1. The van der Waals surface area contributed by atoms with Crippen molar-refractivity contribution >= 4 is 81.2 Å². The summed E-state index contributed by atoms with van der Waals surface area (Å²) in [5.74, 6) is 0.125. The Morgan fingerprint density at radius 3 is 1.50 bits per heavy atom. The number of carbonyl (C=O) groups excluding carboxylic acids is 6. The van der Waals surface area contributed by atoms with Gasteiger partial charge in [0, 0.05) is 87.9 Å². The normalized spacial score (nSPS) is 13.0. The Bertz CT molecular complexity index is 3530. The van der Waals surface area contributed by atoms with Gasteiger partial charge in [0.2, 0.25) is 0 Å². The Morgan fingerprint density at radius 2 is 1.00 bits per heavy atom. The fourth-order valence-corrected chi connectivity index (χ4v) is 13.5. The van der Waals surface area contributed by atoms with Crippen LogP contribution in [0.5, 0.6) is 0 Å². The zero-order valence-corrected chi connectivity index (χ0v) is 59.5. The number of carbonyl (C=O) groups is 6. The average Bonchev–Trinajstić information content (AvgIpc) is 1.75. The van der Waals surface area contributed by atoms with E-state index in [1.807, 2.05) is 104 Å². The van der Waals surface area contributed by atoms with Gasteiger partial charge in [-0.3, -0.25) is 24.5 Å². The lowest BCUT2D eigenvalue weighted by molar-refractivity contribution is -0.123. The first-order valence-electron chi connectivity index (χ1n) is 32.5. The van der Waals surface area contributed by atoms with Crippen LogP contribution in [0, 0.1) is 17.8 Å². The largest absolute Gasteiger partial charge is 0.444 e. The number of nitrogens with zero attached hydrogens (tertiary/aromatic N) is 7. The number of hydrogen-bond acceptors (Lipinski definition) is 17. The minimum atomic E-state index is -0.792. The van der Waals surface area contributed by atoms with Gasteiger partial charge in [-0.2, -0.15) is 0 Å². The molecular formula is C73H92N10O9S4. The van der Waals surface area contributed by atoms with Gasteiger partial charge in [-0.05, 0) is 91.4 Å². The molecule has 8 aromatic rings. The highest BCUT2D eigenvalue weighted by Crippen LogP contribution is 2.27. The van der Waals surface area contributed by atoms with Crippen molar-refractivity contribution in [2.45, 2.75) is 148 Å². The maximum atomic E-state index is 14.0. The Hall–Kier alpha value is -8.22. The summed E-state index contributed by atoms with van der Waals surface area (Å²) in [6.07, 6.45) is 10.2. The van der Waals surface area contributed by atoms with Gasteiger partial charge in [-0.25, -0.2) is 24.2 Å². The molecule has 4 aromatic heterocycles. The van der Waals surface area contributed by atoms with E-state index in [4.69, 9.17) is 14.2 Å². The van der Waals surface area contributed by atoms with Crippen molar-refractivity contribution in [3.8, 4) is 0 Å². The number of methoxy groups -OCH3 is 1. The lowest BCUT2D eigenvalue weighted by Gasteiger charge is -2.30. The van der Waals surface area contributed by atoms with Gasteiger partial charge in [0.15, 0.2) is 11.6 Å². The van der Waals surface area contributed by atoms with Crippen molar-refractivity contribution in [1.82, 2.24) is 50.6 Å². The molecule has 0 aliphatic heterocycles. The molecule has 96 heavy (non-hydrogen) atoms. The number of thiazole rings is 4. The summed E-state index contributed by atoms with van der Waals surface area (Å²) in [5.41, 5.74) is 10.5. The fraction of sp³-hybridized carbons (Fsp3) is 0.425. The van der Waals surface area contributed by atoms with Crippen LogP contribution in [0.1, 0.15) is 120 Å². The lowest BCUT2D eigenvalue weighted by atomic mass is 9.85. The number of nitrogens with one attached hydrogen (secondary N) is 3. The Balaban J connectivity index is 0.000000272. The first kappa shape index (κ1) is 75.2. The average molecular weight is 1380 g/mol. The highest BCUT2D eigenvalue weighted by molar-refractivity contribution is 7.10. The summed E-state index contributed by atoms with van der Waals surface area (Å²) in [6.45, 7) is 9.30. The third kappa shape index (κ3) is 26.4. The molecule has 4 aromatic carbocycles. The van der Waals surface area contributed by atoms with Crippen molar-refractivity contribution < 1.29 is 43.0 Å². The van der Waals surface area contributed by atoms with Gasteiger partial charge in [0.05, 0.1) is 62.7 Å². The van der Waals surface area contributed by atoms with Gasteiger partial charge in [-0.15, -0.1) is 45.3 Å². The second-order valence-electron chi connectivity index (χ2n) is 24.8. The number of alkyl carbamates (subject to hydrolysis) is 1. The van der Waals surface area contributed by atoms with E-state index in [2.05, 4.69) is 86.1 Å². The van der Waals surface area contributed by atoms with Crippen molar-refractivity contribution in [2.24, 2.45) is 17.8 Å². The number of urea groups is 2. The van der Waals surface area contributed by atoms with E-state index >= 15 is 0 Å². The minimum Gasteiger partial charge on any atom is -0.444 e. The zero-order chi connectivity index (χ0) is 68.6. The quantitative estimate of drug-likeness (QED) is 0.0332. The Morgan fingerprint density at radius 1 is 0.521 bits per heavy atom. The second-order valence-corrected chi connectivity index (χ2v) is 28.6. The zero-order valence-electron chi connectivity index (χ0n) is 56.3. The van der Waals surface area contributed by atoms with Crippen molar-refractivity contribution in [3.05, 3.63) is 209 Å². The summed E-state index contributed by atoms with van der Waals surface area (Å²) >= 11 is 5.95. The van der Waals surface area contributed by atoms with Crippen molar-refractivity contribution in [1.29, 1.82) is 0 Å². The Labute approximate surface area is 581 Å². The molecule has 0 spiro atoms. The predicted molar refractivity (Wildman–Crippen MR) is 381 cm³/mol. The molecule has 0 aliphatic carbocycles. The highest BCUT2D eigenvalue weighted by Gasteiger charge is 2.31. The summed E-state index contributed by atoms with van der Waals surface area (Å²) in [7, 11) is 6.72. The topological polar surface area (TPSA) is 227 Å². The molecule has 3 N–H and O–H groups in total.